The van der Waals surface area contributed by atoms with E-state index in [2.05, 4.69) is 101 Å². The van der Waals surface area contributed by atoms with Crippen molar-refractivity contribution < 1.29 is 9.31 Å². The summed E-state index contributed by atoms with van der Waals surface area (Å²) in [5, 5.41) is 0. The van der Waals surface area contributed by atoms with E-state index in [4.69, 9.17) is 14.3 Å². The summed E-state index contributed by atoms with van der Waals surface area (Å²) in [6, 6.07) is 23.1. The number of allylic oxidation sites excluding steroid dienone is 5. The number of benzene rings is 2. The molecule has 0 atom stereocenters. The number of hydrogen-bond acceptors (Lipinski definition) is 3. The van der Waals surface area contributed by atoms with E-state index in [1.54, 1.807) is 6.08 Å². The Morgan fingerprint density at radius 1 is 0.794 bits per heavy atom. The van der Waals surface area contributed by atoms with E-state index in [0.29, 0.717) is 0 Å². The Hall–Kier alpha value is -3.21. The molecule has 0 saturated carbocycles. The normalized spacial score (nSPS) is 17.0. The molecule has 1 aromatic heterocycles. The van der Waals surface area contributed by atoms with Crippen molar-refractivity contribution in [3.63, 3.8) is 0 Å². The Morgan fingerprint density at radius 3 is 2.12 bits per heavy atom. The second kappa shape index (κ2) is 9.96. The van der Waals surface area contributed by atoms with E-state index in [9.17, 15) is 0 Å². The Kier molecular flexibility index (Phi) is 7.01. The van der Waals surface area contributed by atoms with Gasteiger partial charge in [-0.2, -0.15) is 0 Å². The first-order chi connectivity index (χ1) is 16.3. The predicted octanol–water partition coefficient (Wildman–Crippen LogP) is 6.56. The van der Waals surface area contributed by atoms with Crippen molar-refractivity contribution in [3.8, 4) is 22.4 Å². The predicted molar refractivity (Wildman–Crippen MR) is 143 cm³/mol. The van der Waals surface area contributed by atoms with Crippen LogP contribution in [0.5, 0.6) is 0 Å². The third-order valence-electron chi connectivity index (χ3n) is 6.54. The lowest BCUT2D eigenvalue weighted by molar-refractivity contribution is 0.00578. The highest BCUT2D eigenvalue weighted by Crippen LogP contribution is 2.36. The molecule has 0 unspecified atom stereocenters. The van der Waals surface area contributed by atoms with E-state index in [1.807, 2.05) is 24.3 Å². The molecule has 2 heterocycles. The zero-order valence-electron chi connectivity index (χ0n) is 20.5. The van der Waals surface area contributed by atoms with Crippen LogP contribution in [-0.4, -0.2) is 23.3 Å². The molecule has 0 radical (unpaired) electrons. The number of rotatable bonds is 7. The van der Waals surface area contributed by atoms with E-state index >= 15 is 0 Å². The standard InChI is InChI=1S/C30H32BNO2/c1-6-7-8-9-13-16-27-21-25(23-14-11-10-12-15-23)22-28(32-27)24-17-19-26(20-18-24)31-33-29(2,3)30(4,5)34-31/h6-15,17-22H,1,16H2,2-5H3/b8-7-,13-9-. The summed E-state index contributed by atoms with van der Waals surface area (Å²) in [5.41, 5.74) is 5.67. The summed E-state index contributed by atoms with van der Waals surface area (Å²) >= 11 is 0. The van der Waals surface area contributed by atoms with E-state index in [1.165, 1.54) is 5.56 Å². The first kappa shape index (κ1) is 23.9. The van der Waals surface area contributed by atoms with Crippen LogP contribution >= 0.6 is 0 Å². The molecule has 34 heavy (non-hydrogen) atoms. The van der Waals surface area contributed by atoms with Gasteiger partial charge in [0.05, 0.1) is 16.9 Å². The summed E-state index contributed by atoms with van der Waals surface area (Å²) in [7, 11) is -0.369. The van der Waals surface area contributed by atoms with Gasteiger partial charge in [0, 0.05) is 17.7 Å². The summed E-state index contributed by atoms with van der Waals surface area (Å²) in [5.74, 6) is 0. The van der Waals surface area contributed by atoms with E-state index < -0.39 is 0 Å². The second-order valence-corrected chi connectivity index (χ2v) is 9.56. The van der Waals surface area contributed by atoms with Gasteiger partial charge in [-0.15, -0.1) is 0 Å². The molecule has 172 valence electrons. The zero-order chi connectivity index (χ0) is 24.2. The van der Waals surface area contributed by atoms with Gasteiger partial charge in [0.25, 0.3) is 0 Å². The van der Waals surface area contributed by atoms with Gasteiger partial charge in [0.2, 0.25) is 0 Å². The molecule has 0 amide bonds. The second-order valence-electron chi connectivity index (χ2n) is 9.56. The Labute approximate surface area is 204 Å². The van der Waals surface area contributed by atoms with Gasteiger partial charge in [-0.05, 0) is 56.4 Å². The van der Waals surface area contributed by atoms with Crippen molar-refractivity contribution in [1.82, 2.24) is 4.98 Å². The average Bonchev–Trinajstić information content (AvgIpc) is 3.06. The molecule has 0 aliphatic carbocycles. The number of pyridine rings is 1. The van der Waals surface area contributed by atoms with Crippen molar-refractivity contribution in [2.45, 2.75) is 45.3 Å². The van der Waals surface area contributed by atoms with Crippen LogP contribution in [0.25, 0.3) is 22.4 Å². The summed E-state index contributed by atoms with van der Waals surface area (Å²) in [6.45, 7) is 12.0. The molecule has 2 aromatic carbocycles. The van der Waals surface area contributed by atoms with Gasteiger partial charge in [-0.25, -0.2) is 0 Å². The van der Waals surface area contributed by atoms with Crippen molar-refractivity contribution in [2.24, 2.45) is 0 Å². The molecule has 1 aliphatic heterocycles. The van der Waals surface area contributed by atoms with Crippen LogP contribution in [-0.2, 0) is 15.7 Å². The first-order valence-corrected chi connectivity index (χ1v) is 11.8. The van der Waals surface area contributed by atoms with Crippen molar-refractivity contribution in [1.29, 1.82) is 0 Å². The molecule has 3 aromatic rings. The van der Waals surface area contributed by atoms with Crippen molar-refractivity contribution in [2.75, 3.05) is 0 Å². The Balaban J connectivity index is 1.63. The van der Waals surface area contributed by atoms with Gasteiger partial charge in [-0.3, -0.25) is 4.98 Å². The maximum absolute atomic E-state index is 6.21. The fourth-order valence-corrected chi connectivity index (χ4v) is 3.84. The molecule has 0 spiro atoms. The lowest BCUT2D eigenvalue weighted by atomic mass is 9.78. The smallest absolute Gasteiger partial charge is 0.399 e. The minimum Gasteiger partial charge on any atom is -0.399 e. The highest BCUT2D eigenvalue weighted by molar-refractivity contribution is 6.62. The van der Waals surface area contributed by atoms with Crippen LogP contribution in [0.3, 0.4) is 0 Å². The fourth-order valence-electron chi connectivity index (χ4n) is 3.84. The molecule has 4 rings (SSSR count). The molecule has 1 fully saturated rings. The van der Waals surface area contributed by atoms with Gasteiger partial charge >= 0.3 is 7.12 Å². The molecule has 1 saturated heterocycles. The summed E-state index contributed by atoms with van der Waals surface area (Å²) < 4.78 is 12.4. The minimum absolute atomic E-state index is 0.356. The van der Waals surface area contributed by atoms with Crippen LogP contribution in [0.1, 0.15) is 33.4 Å². The van der Waals surface area contributed by atoms with Crippen molar-refractivity contribution in [3.05, 3.63) is 109 Å². The quantitative estimate of drug-likeness (QED) is 0.303. The van der Waals surface area contributed by atoms with Gasteiger partial charge < -0.3 is 9.31 Å². The van der Waals surface area contributed by atoms with E-state index in [-0.39, 0.29) is 18.3 Å². The van der Waals surface area contributed by atoms with Crippen LogP contribution in [0, 0.1) is 0 Å². The zero-order valence-corrected chi connectivity index (χ0v) is 20.5. The minimum atomic E-state index is -0.369. The molecule has 3 nitrogen and oxygen atoms in total. The molecular weight excluding hydrogens is 417 g/mol. The molecule has 0 N–H and O–H groups in total. The van der Waals surface area contributed by atoms with Crippen LogP contribution in [0.15, 0.2) is 104 Å². The topological polar surface area (TPSA) is 31.4 Å². The van der Waals surface area contributed by atoms with Gasteiger partial charge in [-0.1, -0.05) is 91.6 Å². The van der Waals surface area contributed by atoms with Crippen molar-refractivity contribution >= 4 is 12.6 Å². The molecule has 4 heteroatoms. The monoisotopic (exact) mass is 449 g/mol. The summed E-state index contributed by atoms with van der Waals surface area (Å²) in [4.78, 5) is 4.96. The van der Waals surface area contributed by atoms with Crippen LogP contribution < -0.4 is 5.46 Å². The van der Waals surface area contributed by atoms with Gasteiger partial charge in [0.1, 0.15) is 0 Å². The summed E-state index contributed by atoms with van der Waals surface area (Å²) in [6.07, 6.45) is 10.5. The van der Waals surface area contributed by atoms with Gasteiger partial charge in [0.15, 0.2) is 0 Å². The third-order valence-corrected chi connectivity index (χ3v) is 6.54. The Bertz CT molecular complexity index is 1180. The largest absolute Gasteiger partial charge is 0.494 e. The molecular formula is C30H32BNO2. The molecule has 1 aliphatic rings. The number of hydrogen-bond donors (Lipinski definition) is 0. The third kappa shape index (κ3) is 5.30. The highest BCUT2D eigenvalue weighted by atomic mass is 16.7. The number of nitrogens with zero attached hydrogens (tertiary/aromatic N) is 1. The van der Waals surface area contributed by atoms with Crippen LogP contribution in [0.4, 0.5) is 0 Å². The maximum atomic E-state index is 6.21. The SMILES string of the molecule is C=C/C=C\C=C/Cc1cc(-c2ccccc2)cc(-c2ccc(B3OC(C)(C)C(C)(C)O3)cc2)n1. The number of aromatic nitrogens is 1. The van der Waals surface area contributed by atoms with Crippen LogP contribution in [0.2, 0.25) is 0 Å². The van der Waals surface area contributed by atoms with E-state index in [0.717, 1.165) is 34.4 Å². The average molecular weight is 449 g/mol. The Morgan fingerprint density at radius 2 is 1.47 bits per heavy atom. The first-order valence-electron chi connectivity index (χ1n) is 11.8. The molecule has 0 bridgehead atoms. The maximum Gasteiger partial charge on any atom is 0.494 e. The lowest BCUT2D eigenvalue weighted by Gasteiger charge is -2.32. The highest BCUT2D eigenvalue weighted by Gasteiger charge is 2.51. The lowest BCUT2D eigenvalue weighted by Crippen LogP contribution is -2.41. The fraction of sp³-hybridized carbons (Fsp3) is 0.233.